The Balaban J connectivity index is 1.44. The highest BCUT2D eigenvalue weighted by Gasteiger charge is 2.45. The summed E-state index contributed by atoms with van der Waals surface area (Å²) >= 11 is 0. The van der Waals surface area contributed by atoms with Crippen molar-refractivity contribution in [2.75, 3.05) is 59.0 Å². The van der Waals surface area contributed by atoms with E-state index in [9.17, 15) is 14.4 Å². The maximum absolute atomic E-state index is 14.2. The predicted molar refractivity (Wildman–Crippen MR) is 164 cm³/mol. The van der Waals surface area contributed by atoms with Crippen LogP contribution >= 0.6 is 0 Å². The Hall–Kier alpha value is -3.65. The van der Waals surface area contributed by atoms with Crippen molar-refractivity contribution in [1.29, 1.82) is 0 Å². The number of carbonyl (C=O) groups excluding carboxylic acids is 3. The molecule has 0 saturated carbocycles. The molecule has 3 aromatic rings. The highest BCUT2D eigenvalue weighted by molar-refractivity contribution is 6.02. The molecule has 7 nitrogen and oxygen atoms in total. The molecule has 5 rings (SSSR count). The summed E-state index contributed by atoms with van der Waals surface area (Å²) in [5, 5.41) is 3.06. The van der Waals surface area contributed by atoms with Crippen molar-refractivity contribution in [3.63, 3.8) is 0 Å². The molecule has 1 amide bonds. The number of rotatable bonds is 10. The topological polar surface area (TPSA) is 79.0 Å². The van der Waals surface area contributed by atoms with E-state index in [4.69, 9.17) is 4.74 Å². The summed E-state index contributed by atoms with van der Waals surface area (Å²) in [5.74, 6) is -1.37. The smallest absolute Gasteiger partial charge is 0.234 e. The molecule has 0 aliphatic carbocycles. The number of Topliss-reactive ketones (excluding diaryl/α,β-unsaturated/α-hetero) is 2. The Kier molecular flexibility index (Phi) is 9.95. The third-order valence-electron chi connectivity index (χ3n) is 8.79. The van der Waals surface area contributed by atoms with E-state index in [0.29, 0.717) is 30.8 Å². The monoisotopic (exact) mass is 567 g/mol. The van der Waals surface area contributed by atoms with Gasteiger partial charge in [-0.3, -0.25) is 24.2 Å². The van der Waals surface area contributed by atoms with Crippen molar-refractivity contribution in [3.05, 3.63) is 107 Å². The number of aryl methyl sites for hydroxylation is 1. The van der Waals surface area contributed by atoms with Gasteiger partial charge in [0.25, 0.3) is 0 Å². The molecule has 2 saturated heterocycles. The SMILES string of the molecule is Cc1cccc(C2C(C(=O)c3ccccc3)CN(CC(=O)NCCN3CCOCC3)CC2C(=O)c2ccccc2)c1C. The number of nitrogens with one attached hydrogen (secondary N) is 1. The van der Waals surface area contributed by atoms with Gasteiger partial charge in [-0.1, -0.05) is 78.9 Å². The van der Waals surface area contributed by atoms with Gasteiger partial charge >= 0.3 is 0 Å². The van der Waals surface area contributed by atoms with Gasteiger partial charge < -0.3 is 10.1 Å². The first-order valence-electron chi connectivity index (χ1n) is 15.0. The summed E-state index contributed by atoms with van der Waals surface area (Å²) in [5.41, 5.74) is 4.52. The zero-order valence-corrected chi connectivity index (χ0v) is 24.6. The number of hydrogen-bond acceptors (Lipinski definition) is 6. The Morgan fingerprint density at radius 1 is 0.762 bits per heavy atom. The molecule has 2 aliphatic rings. The first-order chi connectivity index (χ1) is 20.4. The van der Waals surface area contributed by atoms with Gasteiger partial charge in [0.05, 0.1) is 19.8 Å². The molecule has 1 N–H and O–H groups in total. The van der Waals surface area contributed by atoms with Crippen LogP contribution in [0.15, 0.2) is 78.9 Å². The van der Waals surface area contributed by atoms with Gasteiger partial charge in [0.15, 0.2) is 11.6 Å². The molecule has 0 spiro atoms. The first kappa shape index (κ1) is 29.8. The Morgan fingerprint density at radius 3 is 1.90 bits per heavy atom. The number of morpholine rings is 1. The second kappa shape index (κ2) is 14.0. The standard InChI is InChI=1S/C35H41N3O4/c1-25-10-9-15-29(26(25)2)33-30(34(40)27-11-5-3-6-12-27)22-38(23-31(33)35(41)28-13-7-4-8-14-28)24-32(39)36-16-17-37-18-20-42-21-19-37/h3-15,30-31,33H,16-24H2,1-2H3,(H,36,39). The molecule has 0 bridgehead atoms. The molecule has 220 valence electrons. The normalized spacial score (nSPS) is 21.5. The summed E-state index contributed by atoms with van der Waals surface area (Å²) in [6.07, 6.45) is 0. The molecule has 42 heavy (non-hydrogen) atoms. The van der Waals surface area contributed by atoms with Gasteiger partial charge in [0.1, 0.15) is 0 Å². The molecule has 3 aromatic carbocycles. The van der Waals surface area contributed by atoms with Crippen LogP contribution < -0.4 is 5.32 Å². The number of likely N-dealkylation sites (tertiary alicyclic amines) is 1. The van der Waals surface area contributed by atoms with Gasteiger partial charge in [0, 0.05) is 68.1 Å². The number of hydrogen-bond donors (Lipinski definition) is 1. The zero-order valence-electron chi connectivity index (χ0n) is 24.6. The van der Waals surface area contributed by atoms with Crippen molar-refractivity contribution in [1.82, 2.24) is 15.1 Å². The van der Waals surface area contributed by atoms with E-state index in [0.717, 1.165) is 49.5 Å². The quantitative estimate of drug-likeness (QED) is 0.371. The molecule has 0 aromatic heterocycles. The van der Waals surface area contributed by atoms with Gasteiger partial charge in [-0.2, -0.15) is 0 Å². The number of amides is 1. The molecular formula is C35H41N3O4. The number of benzene rings is 3. The molecule has 2 unspecified atom stereocenters. The average molecular weight is 568 g/mol. The second-order valence-corrected chi connectivity index (χ2v) is 11.5. The third kappa shape index (κ3) is 7.04. The van der Waals surface area contributed by atoms with Crippen LogP contribution in [0.5, 0.6) is 0 Å². The third-order valence-corrected chi connectivity index (χ3v) is 8.79. The lowest BCUT2D eigenvalue weighted by Crippen LogP contribution is -2.53. The van der Waals surface area contributed by atoms with E-state index in [1.54, 1.807) is 0 Å². The summed E-state index contributed by atoms with van der Waals surface area (Å²) in [6, 6.07) is 24.8. The number of carbonyl (C=O) groups is 3. The highest BCUT2D eigenvalue weighted by atomic mass is 16.5. The molecule has 0 radical (unpaired) electrons. The summed E-state index contributed by atoms with van der Waals surface area (Å²) in [6.45, 7) is 9.59. The fourth-order valence-electron chi connectivity index (χ4n) is 6.40. The van der Waals surface area contributed by atoms with Crippen LogP contribution in [0.2, 0.25) is 0 Å². The Morgan fingerprint density at radius 2 is 1.33 bits per heavy atom. The van der Waals surface area contributed by atoms with Gasteiger partial charge in [-0.15, -0.1) is 0 Å². The first-order valence-corrected chi connectivity index (χ1v) is 15.0. The molecule has 2 aliphatic heterocycles. The predicted octanol–water partition coefficient (Wildman–Crippen LogP) is 4.15. The number of nitrogens with zero attached hydrogens (tertiary/aromatic N) is 2. The second-order valence-electron chi connectivity index (χ2n) is 11.5. The van der Waals surface area contributed by atoms with E-state index in [-0.39, 0.29) is 29.9 Å². The van der Waals surface area contributed by atoms with E-state index >= 15 is 0 Å². The van der Waals surface area contributed by atoms with Crippen LogP contribution in [-0.2, 0) is 9.53 Å². The lowest BCUT2D eigenvalue weighted by molar-refractivity contribution is -0.123. The largest absolute Gasteiger partial charge is 0.379 e. The van der Waals surface area contributed by atoms with Crippen molar-refractivity contribution in [2.45, 2.75) is 19.8 Å². The number of ether oxygens (including phenoxy) is 1. The van der Waals surface area contributed by atoms with E-state index in [2.05, 4.69) is 36.2 Å². The van der Waals surface area contributed by atoms with Crippen molar-refractivity contribution >= 4 is 17.5 Å². The van der Waals surface area contributed by atoms with E-state index < -0.39 is 11.8 Å². The van der Waals surface area contributed by atoms with Crippen molar-refractivity contribution in [2.24, 2.45) is 11.8 Å². The van der Waals surface area contributed by atoms with Gasteiger partial charge in [0.2, 0.25) is 5.91 Å². The van der Waals surface area contributed by atoms with Crippen LogP contribution in [0.1, 0.15) is 43.3 Å². The van der Waals surface area contributed by atoms with E-state index in [1.165, 1.54) is 0 Å². The maximum Gasteiger partial charge on any atom is 0.234 e. The van der Waals surface area contributed by atoms with Gasteiger partial charge in [-0.05, 0) is 30.5 Å². The lowest BCUT2D eigenvalue weighted by Gasteiger charge is -2.43. The molecule has 2 atom stereocenters. The summed E-state index contributed by atoms with van der Waals surface area (Å²) in [7, 11) is 0. The van der Waals surface area contributed by atoms with Crippen LogP contribution in [-0.4, -0.2) is 86.3 Å². The number of ketones is 2. The molecule has 2 fully saturated rings. The molecule has 2 heterocycles. The van der Waals surface area contributed by atoms with Crippen LogP contribution in [0.3, 0.4) is 0 Å². The minimum absolute atomic E-state index is 0.00444. The van der Waals surface area contributed by atoms with Crippen LogP contribution in [0, 0.1) is 25.7 Å². The minimum atomic E-state index is -0.486. The fraction of sp³-hybridized carbons (Fsp3) is 0.400. The Bertz CT molecular complexity index is 1310. The summed E-state index contributed by atoms with van der Waals surface area (Å²) < 4.78 is 5.41. The molecular weight excluding hydrogens is 526 g/mol. The molecule has 7 heteroatoms. The van der Waals surface area contributed by atoms with Crippen LogP contribution in [0.4, 0.5) is 0 Å². The average Bonchev–Trinajstić information content (AvgIpc) is 3.03. The minimum Gasteiger partial charge on any atom is -0.379 e. The van der Waals surface area contributed by atoms with Gasteiger partial charge in [-0.25, -0.2) is 0 Å². The zero-order chi connectivity index (χ0) is 29.5. The maximum atomic E-state index is 14.2. The van der Waals surface area contributed by atoms with Crippen LogP contribution in [0.25, 0.3) is 0 Å². The fourth-order valence-corrected chi connectivity index (χ4v) is 6.40. The van der Waals surface area contributed by atoms with Crippen molar-refractivity contribution in [3.8, 4) is 0 Å². The van der Waals surface area contributed by atoms with Crippen molar-refractivity contribution < 1.29 is 19.1 Å². The summed E-state index contributed by atoms with van der Waals surface area (Å²) in [4.78, 5) is 45.8. The lowest BCUT2D eigenvalue weighted by atomic mass is 9.67. The van der Waals surface area contributed by atoms with E-state index in [1.807, 2.05) is 71.6 Å². The number of piperidine rings is 1. The highest BCUT2D eigenvalue weighted by Crippen LogP contribution is 2.42. The Labute approximate surface area is 248 Å².